The number of fused-ring (bicyclic) bond motifs is 12. The number of anilines is 1. The van der Waals surface area contributed by atoms with E-state index in [-0.39, 0.29) is 6.04 Å². The van der Waals surface area contributed by atoms with Crippen LogP contribution in [0.3, 0.4) is 0 Å². The number of benzene rings is 10. The van der Waals surface area contributed by atoms with Crippen LogP contribution in [-0.4, -0.2) is 17.3 Å². The summed E-state index contributed by atoms with van der Waals surface area (Å²) in [6, 6.07) is 73.0. The number of furan rings is 1. The first-order valence-corrected chi connectivity index (χ1v) is 22.7. The van der Waals surface area contributed by atoms with Crippen LogP contribution >= 0.6 is 11.3 Å². The highest BCUT2D eigenvalue weighted by molar-refractivity contribution is 7.25. The third-order valence-electron chi connectivity index (χ3n) is 13.6. The van der Waals surface area contributed by atoms with Crippen LogP contribution in [0.1, 0.15) is 17.2 Å². The molecule has 0 N–H and O–H groups in total. The number of rotatable bonds is 4. The highest BCUT2D eigenvalue weighted by atomic mass is 32.1. The van der Waals surface area contributed by atoms with Crippen LogP contribution in [0.15, 0.2) is 210 Å². The van der Waals surface area contributed by atoms with Crippen molar-refractivity contribution in [2.45, 2.75) is 6.04 Å². The number of hydrogen-bond donors (Lipinski definition) is 0. The highest BCUT2D eigenvalue weighted by Gasteiger charge is 2.35. The van der Waals surface area contributed by atoms with Gasteiger partial charge in [-0.05, 0) is 110 Å². The van der Waals surface area contributed by atoms with Crippen molar-refractivity contribution in [3.63, 3.8) is 0 Å². The van der Waals surface area contributed by atoms with Gasteiger partial charge >= 0.3 is 0 Å². The van der Waals surface area contributed by atoms with Crippen molar-refractivity contribution >= 4 is 114 Å². The van der Waals surface area contributed by atoms with Crippen molar-refractivity contribution in [1.82, 2.24) is 4.57 Å². The van der Waals surface area contributed by atoms with Gasteiger partial charge in [0, 0.05) is 48.8 Å². The van der Waals surface area contributed by atoms with E-state index in [0.29, 0.717) is 5.88 Å². The van der Waals surface area contributed by atoms with Crippen LogP contribution in [0, 0.1) is 0 Å². The smallest absolute Gasteiger partial charge is 0.244 e. The number of aromatic nitrogens is 1. The number of likely N-dealkylation sites (N-methyl/N-ethyl adjacent to an activating group) is 1. The molecule has 0 amide bonds. The quantitative estimate of drug-likeness (QED) is 0.177. The van der Waals surface area contributed by atoms with Crippen molar-refractivity contribution in [1.29, 1.82) is 0 Å². The molecule has 0 radical (unpaired) electrons. The molecule has 0 saturated heterocycles. The van der Waals surface area contributed by atoms with Crippen molar-refractivity contribution in [3.8, 4) is 16.8 Å². The first kappa shape index (κ1) is 35.6. The van der Waals surface area contributed by atoms with Gasteiger partial charge in [-0.25, -0.2) is 4.99 Å². The summed E-state index contributed by atoms with van der Waals surface area (Å²) < 4.78 is 11.9. The summed E-state index contributed by atoms with van der Waals surface area (Å²) in [6.07, 6.45) is 0. The largest absolute Gasteiger partial charge is 0.436 e. The van der Waals surface area contributed by atoms with Gasteiger partial charge in [0.05, 0.1) is 28.5 Å². The van der Waals surface area contributed by atoms with Crippen LogP contribution in [0.2, 0.25) is 0 Å². The molecule has 0 aliphatic carbocycles. The molecule has 13 aromatic rings. The third kappa shape index (κ3) is 5.19. The minimum absolute atomic E-state index is 0.199. The summed E-state index contributed by atoms with van der Waals surface area (Å²) in [4.78, 5) is 7.84. The Balaban J connectivity index is 0.956. The van der Waals surface area contributed by atoms with Gasteiger partial charge in [0.2, 0.25) is 5.88 Å². The zero-order chi connectivity index (χ0) is 42.0. The summed E-state index contributed by atoms with van der Waals surface area (Å²) in [5.74, 6) is 0.634. The summed E-state index contributed by atoms with van der Waals surface area (Å²) in [6.45, 7) is 0. The van der Waals surface area contributed by atoms with Crippen molar-refractivity contribution in [3.05, 3.63) is 211 Å². The summed E-state index contributed by atoms with van der Waals surface area (Å²) >= 11 is 1.84. The number of aliphatic imine (C=N–C) groups is 1. The molecule has 4 heterocycles. The van der Waals surface area contributed by atoms with E-state index in [4.69, 9.17) is 9.41 Å². The average Bonchev–Trinajstić information content (AvgIpc) is 4.01. The predicted molar refractivity (Wildman–Crippen MR) is 272 cm³/mol. The van der Waals surface area contributed by atoms with E-state index < -0.39 is 0 Å². The normalized spacial score (nSPS) is 14.2. The van der Waals surface area contributed by atoms with E-state index in [1.807, 2.05) is 11.3 Å². The molecule has 3 aromatic heterocycles. The van der Waals surface area contributed by atoms with Crippen molar-refractivity contribution in [2.75, 3.05) is 11.9 Å². The standard InChI is InChI=1S/C59H37N3OS/c1-61-57(56(35-13-3-2-4-14-35)60-59-58(61)46-25-23-41(34-53(46)63-59)40-24-28-55-49(31-40)44-21-11-12-22-54(44)64-55)45-26-27-50(43-20-10-9-19-42(43)45)62-51-32-38-17-7-5-15-36(38)29-47(51)48-30-37-16-6-8-18-39(37)33-52(48)62/h2-34,57H,1H3. The fraction of sp³-hybridized carbons (Fsp3) is 0.0339. The number of thiophene rings is 1. The van der Waals surface area contributed by atoms with E-state index in [1.54, 1.807) is 0 Å². The van der Waals surface area contributed by atoms with Crippen molar-refractivity contribution < 1.29 is 4.42 Å². The topological polar surface area (TPSA) is 33.7 Å². The molecule has 0 fully saturated rings. The molecule has 1 unspecified atom stereocenters. The Hall–Kier alpha value is -7.99. The Morgan fingerprint density at radius 3 is 1.78 bits per heavy atom. The summed E-state index contributed by atoms with van der Waals surface area (Å²) in [7, 11) is 2.20. The average molecular weight is 836 g/mol. The fourth-order valence-corrected chi connectivity index (χ4v) is 11.7. The Kier molecular flexibility index (Phi) is 7.51. The molecule has 4 nitrogen and oxygen atoms in total. The molecule has 0 spiro atoms. The molecule has 1 atom stereocenters. The molecule has 10 aromatic carbocycles. The lowest BCUT2D eigenvalue weighted by molar-refractivity contribution is 0.618. The Labute approximate surface area is 372 Å². The van der Waals surface area contributed by atoms with E-state index in [2.05, 4.69) is 217 Å². The van der Waals surface area contributed by atoms with Crippen molar-refractivity contribution in [2.24, 2.45) is 4.99 Å². The molecule has 14 rings (SSSR count). The zero-order valence-corrected chi connectivity index (χ0v) is 35.6. The predicted octanol–water partition coefficient (Wildman–Crippen LogP) is 16.3. The van der Waals surface area contributed by atoms with Gasteiger partial charge in [0.25, 0.3) is 0 Å². The molecule has 1 aliphatic rings. The second-order valence-corrected chi connectivity index (χ2v) is 18.2. The maximum absolute atomic E-state index is 6.77. The Morgan fingerprint density at radius 1 is 0.453 bits per heavy atom. The summed E-state index contributed by atoms with van der Waals surface area (Å²) in [5.41, 5.74) is 10.9. The molecule has 5 heteroatoms. The van der Waals surface area contributed by atoms with Gasteiger partial charge in [-0.15, -0.1) is 11.3 Å². The third-order valence-corrected chi connectivity index (χ3v) is 14.8. The molecule has 300 valence electrons. The minimum Gasteiger partial charge on any atom is -0.436 e. The van der Waals surface area contributed by atoms with Crippen LogP contribution in [0.4, 0.5) is 11.6 Å². The highest BCUT2D eigenvalue weighted by Crippen LogP contribution is 2.50. The van der Waals surface area contributed by atoms with E-state index in [0.717, 1.165) is 39.2 Å². The lowest BCUT2D eigenvalue weighted by atomic mass is 9.89. The first-order valence-electron chi connectivity index (χ1n) is 21.9. The monoisotopic (exact) mass is 835 g/mol. The van der Waals surface area contributed by atoms with E-state index >= 15 is 0 Å². The van der Waals surface area contributed by atoms with E-state index in [9.17, 15) is 0 Å². The Bertz CT molecular complexity index is 4020. The zero-order valence-electron chi connectivity index (χ0n) is 34.8. The first-order chi connectivity index (χ1) is 31.6. The van der Waals surface area contributed by atoms with Gasteiger partial charge in [-0.2, -0.15) is 0 Å². The molecule has 64 heavy (non-hydrogen) atoms. The summed E-state index contributed by atoms with van der Waals surface area (Å²) in [5, 5.41) is 13.4. The molecule has 1 aliphatic heterocycles. The minimum atomic E-state index is -0.199. The molecule has 0 saturated carbocycles. The maximum atomic E-state index is 6.77. The van der Waals surface area contributed by atoms with Gasteiger partial charge in [-0.1, -0.05) is 140 Å². The maximum Gasteiger partial charge on any atom is 0.244 e. The van der Waals surface area contributed by atoms with Gasteiger partial charge in [0.15, 0.2) is 0 Å². The second-order valence-electron chi connectivity index (χ2n) is 17.1. The molecular formula is C59H37N3OS. The fourth-order valence-electron chi connectivity index (χ4n) is 10.6. The van der Waals surface area contributed by atoms with Crippen LogP contribution in [0.25, 0.3) is 102 Å². The van der Waals surface area contributed by atoms with E-state index in [1.165, 1.54) is 85.4 Å². The van der Waals surface area contributed by atoms with Gasteiger partial charge in [0.1, 0.15) is 11.3 Å². The molecular weight excluding hydrogens is 799 g/mol. The SMILES string of the molecule is CN1c2c(oc3cc(-c4ccc5sc6ccccc6c5c4)ccc23)N=C(c2ccccc2)C1c1ccc(-n2c3cc4ccccc4cc3c3cc4ccccc4cc32)c2ccccc12. The lowest BCUT2D eigenvalue weighted by Crippen LogP contribution is -2.33. The molecule has 0 bridgehead atoms. The number of nitrogens with zero attached hydrogens (tertiary/aromatic N) is 3. The Morgan fingerprint density at radius 2 is 1.05 bits per heavy atom. The van der Waals surface area contributed by atoms with Crippen LogP contribution in [-0.2, 0) is 0 Å². The second kappa shape index (κ2) is 13.5. The van der Waals surface area contributed by atoms with Gasteiger partial charge < -0.3 is 13.9 Å². The van der Waals surface area contributed by atoms with Crippen LogP contribution in [0.5, 0.6) is 0 Å². The number of hydrogen-bond acceptors (Lipinski definition) is 4. The lowest BCUT2D eigenvalue weighted by Gasteiger charge is -2.35. The van der Waals surface area contributed by atoms with Gasteiger partial charge in [-0.3, -0.25) is 0 Å². The van der Waals surface area contributed by atoms with Crippen LogP contribution < -0.4 is 4.90 Å².